The van der Waals surface area contributed by atoms with E-state index < -0.39 is 10.9 Å². The lowest BCUT2D eigenvalue weighted by Crippen LogP contribution is -2.37. The van der Waals surface area contributed by atoms with Crippen LogP contribution in [0, 0.1) is 0 Å². The standard InChI is InChI=1S/C14H24N2O5S/c1-14(2,4-7-17)21-8-5-15-11(18)3-6-16-12(19)9-10(22)13(16)20/h10,17,22H,3-9H2,1-2H3,(H,15,18). The molecule has 2 N–H and O–H groups in total. The maximum atomic E-state index is 11.7. The van der Waals surface area contributed by atoms with Crippen LogP contribution in [0.5, 0.6) is 0 Å². The molecule has 126 valence electrons. The molecule has 1 aliphatic rings. The number of aliphatic hydroxyl groups is 1. The van der Waals surface area contributed by atoms with Crippen LogP contribution in [0.4, 0.5) is 0 Å². The number of amides is 3. The number of thiol groups is 1. The van der Waals surface area contributed by atoms with Crippen LogP contribution in [-0.2, 0) is 19.1 Å². The van der Waals surface area contributed by atoms with Gasteiger partial charge in [0.25, 0.3) is 0 Å². The fourth-order valence-electron chi connectivity index (χ4n) is 2.06. The monoisotopic (exact) mass is 332 g/mol. The zero-order chi connectivity index (χ0) is 16.8. The highest BCUT2D eigenvalue weighted by atomic mass is 32.1. The Morgan fingerprint density at radius 3 is 2.73 bits per heavy atom. The second-order valence-electron chi connectivity index (χ2n) is 5.79. The Morgan fingerprint density at radius 2 is 2.18 bits per heavy atom. The van der Waals surface area contributed by atoms with Crippen LogP contribution >= 0.6 is 12.6 Å². The fraction of sp³-hybridized carbons (Fsp3) is 0.786. The van der Waals surface area contributed by atoms with Crippen molar-refractivity contribution in [1.29, 1.82) is 0 Å². The normalized spacial score (nSPS) is 18.9. The lowest BCUT2D eigenvalue weighted by atomic mass is 10.1. The van der Waals surface area contributed by atoms with Crippen molar-refractivity contribution in [3.8, 4) is 0 Å². The van der Waals surface area contributed by atoms with Crippen LogP contribution in [-0.4, -0.2) is 64.9 Å². The maximum absolute atomic E-state index is 11.7. The van der Waals surface area contributed by atoms with Crippen molar-refractivity contribution in [3.63, 3.8) is 0 Å². The summed E-state index contributed by atoms with van der Waals surface area (Å²) in [5.41, 5.74) is -0.435. The van der Waals surface area contributed by atoms with E-state index in [0.717, 1.165) is 4.90 Å². The number of hydrogen-bond acceptors (Lipinski definition) is 6. The first-order chi connectivity index (χ1) is 10.3. The van der Waals surface area contributed by atoms with E-state index in [0.29, 0.717) is 19.6 Å². The van der Waals surface area contributed by atoms with Gasteiger partial charge in [0, 0.05) is 32.5 Å². The molecule has 0 spiro atoms. The minimum Gasteiger partial charge on any atom is -0.396 e. The van der Waals surface area contributed by atoms with Crippen molar-refractivity contribution in [3.05, 3.63) is 0 Å². The van der Waals surface area contributed by atoms with Crippen molar-refractivity contribution >= 4 is 30.4 Å². The van der Waals surface area contributed by atoms with E-state index in [1.165, 1.54) is 0 Å². The Bertz CT molecular complexity index is 427. The molecule has 22 heavy (non-hydrogen) atoms. The van der Waals surface area contributed by atoms with Crippen LogP contribution in [0.2, 0.25) is 0 Å². The Hall–Kier alpha value is -1.12. The summed E-state index contributed by atoms with van der Waals surface area (Å²) < 4.78 is 5.54. The van der Waals surface area contributed by atoms with Gasteiger partial charge in [-0.3, -0.25) is 19.3 Å². The van der Waals surface area contributed by atoms with Gasteiger partial charge in [0.15, 0.2) is 0 Å². The summed E-state index contributed by atoms with van der Waals surface area (Å²) in [6.45, 7) is 4.53. The third kappa shape index (κ3) is 5.94. The number of nitrogens with one attached hydrogen (secondary N) is 1. The summed E-state index contributed by atoms with van der Waals surface area (Å²) >= 11 is 4.02. The molecule has 1 saturated heterocycles. The first-order valence-electron chi connectivity index (χ1n) is 7.30. The molecular formula is C14H24N2O5S. The molecular weight excluding hydrogens is 308 g/mol. The highest BCUT2D eigenvalue weighted by molar-refractivity contribution is 7.81. The Labute approximate surface area is 135 Å². The SMILES string of the molecule is CC(C)(CCO)OCCNC(=O)CCN1C(=O)CC(S)C1=O. The topological polar surface area (TPSA) is 95.9 Å². The van der Waals surface area contributed by atoms with Gasteiger partial charge in [-0.2, -0.15) is 12.6 Å². The Kier molecular flexibility index (Phi) is 7.31. The molecule has 1 unspecified atom stereocenters. The number of aliphatic hydroxyl groups excluding tert-OH is 1. The van der Waals surface area contributed by atoms with Gasteiger partial charge in [0.1, 0.15) is 0 Å². The second kappa shape index (κ2) is 8.50. The maximum Gasteiger partial charge on any atom is 0.242 e. The van der Waals surface area contributed by atoms with Gasteiger partial charge >= 0.3 is 0 Å². The molecule has 0 aromatic heterocycles. The Morgan fingerprint density at radius 1 is 1.50 bits per heavy atom. The summed E-state index contributed by atoms with van der Waals surface area (Å²) in [5.74, 6) is -0.867. The molecule has 0 radical (unpaired) electrons. The van der Waals surface area contributed by atoms with Crippen LogP contribution in [0.1, 0.15) is 33.1 Å². The molecule has 1 fully saturated rings. The minimum absolute atomic E-state index is 0.0450. The number of rotatable bonds is 9. The zero-order valence-corrected chi connectivity index (χ0v) is 13.9. The van der Waals surface area contributed by atoms with Crippen LogP contribution < -0.4 is 5.32 Å². The van der Waals surface area contributed by atoms with Crippen LogP contribution in [0.3, 0.4) is 0 Å². The van der Waals surface area contributed by atoms with Crippen LogP contribution in [0.25, 0.3) is 0 Å². The summed E-state index contributed by atoms with van der Waals surface area (Å²) in [7, 11) is 0. The third-order valence-electron chi connectivity index (χ3n) is 3.41. The lowest BCUT2D eigenvalue weighted by Gasteiger charge is -2.24. The lowest BCUT2D eigenvalue weighted by molar-refractivity contribution is -0.138. The van der Waals surface area contributed by atoms with Crippen molar-refractivity contribution < 1.29 is 24.2 Å². The number of nitrogens with zero attached hydrogens (tertiary/aromatic N) is 1. The summed E-state index contributed by atoms with van der Waals surface area (Å²) in [6, 6.07) is 0. The number of carbonyl (C=O) groups is 3. The number of imide groups is 1. The van der Waals surface area contributed by atoms with Gasteiger partial charge in [-0.15, -0.1) is 0 Å². The predicted molar refractivity (Wildman–Crippen MR) is 83.5 cm³/mol. The van der Waals surface area contributed by atoms with Gasteiger partial charge < -0.3 is 15.2 Å². The highest BCUT2D eigenvalue weighted by Gasteiger charge is 2.36. The van der Waals surface area contributed by atoms with Gasteiger partial charge in [-0.1, -0.05) is 0 Å². The highest BCUT2D eigenvalue weighted by Crippen LogP contribution is 2.17. The van der Waals surface area contributed by atoms with E-state index in [-0.39, 0.29) is 43.7 Å². The van der Waals surface area contributed by atoms with Crippen LogP contribution in [0.15, 0.2) is 0 Å². The van der Waals surface area contributed by atoms with Gasteiger partial charge in [-0.25, -0.2) is 0 Å². The number of carbonyl (C=O) groups excluding carboxylic acids is 3. The third-order valence-corrected chi connectivity index (χ3v) is 3.82. The van der Waals surface area contributed by atoms with Gasteiger partial charge in [0.05, 0.1) is 17.5 Å². The summed E-state index contributed by atoms with van der Waals surface area (Å²) in [6.07, 6.45) is 0.681. The second-order valence-corrected chi connectivity index (χ2v) is 6.41. The minimum atomic E-state index is -0.585. The van der Waals surface area contributed by atoms with Crippen molar-refractivity contribution in [2.75, 3.05) is 26.3 Å². The zero-order valence-electron chi connectivity index (χ0n) is 13.0. The molecule has 0 aliphatic carbocycles. The Balaban J connectivity index is 2.19. The molecule has 0 aromatic carbocycles. The molecule has 8 heteroatoms. The molecule has 0 aromatic rings. The predicted octanol–water partition coefficient (Wildman–Crippen LogP) is -0.272. The molecule has 3 amide bonds. The van der Waals surface area contributed by atoms with Crippen molar-refractivity contribution in [1.82, 2.24) is 10.2 Å². The summed E-state index contributed by atoms with van der Waals surface area (Å²) in [5, 5.41) is 10.9. The first kappa shape index (κ1) is 18.9. The average Bonchev–Trinajstić information content (AvgIpc) is 2.66. The first-order valence-corrected chi connectivity index (χ1v) is 7.82. The number of ether oxygens (including phenoxy) is 1. The molecule has 0 bridgehead atoms. The van der Waals surface area contributed by atoms with E-state index >= 15 is 0 Å². The number of hydrogen-bond donors (Lipinski definition) is 3. The van der Waals surface area contributed by atoms with E-state index in [1.54, 1.807) is 0 Å². The van der Waals surface area contributed by atoms with E-state index in [1.807, 2.05) is 13.8 Å². The molecule has 1 heterocycles. The molecule has 1 rings (SSSR count). The molecule has 1 aliphatic heterocycles. The molecule has 0 saturated carbocycles. The van der Waals surface area contributed by atoms with Crippen molar-refractivity contribution in [2.45, 2.75) is 44.0 Å². The largest absolute Gasteiger partial charge is 0.396 e. The molecule has 1 atom stereocenters. The van der Waals surface area contributed by atoms with Crippen molar-refractivity contribution in [2.24, 2.45) is 0 Å². The van der Waals surface area contributed by atoms with Gasteiger partial charge in [0.2, 0.25) is 17.7 Å². The van der Waals surface area contributed by atoms with E-state index in [4.69, 9.17) is 9.84 Å². The van der Waals surface area contributed by atoms with E-state index in [2.05, 4.69) is 17.9 Å². The smallest absolute Gasteiger partial charge is 0.242 e. The fourth-order valence-corrected chi connectivity index (χ4v) is 2.36. The molecule has 7 nitrogen and oxygen atoms in total. The van der Waals surface area contributed by atoms with Gasteiger partial charge in [-0.05, 0) is 20.3 Å². The number of likely N-dealkylation sites (tertiary alicyclic amines) is 1. The van der Waals surface area contributed by atoms with E-state index in [9.17, 15) is 14.4 Å². The average molecular weight is 332 g/mol. The quantitative estimate of drug-likeness (QED) is 0.307. The summed E-state index contributed by atoms with van der Waals surface area (Å²) in [4.78, 5) is 35.9.